The zero-order valence-corrected chi connectivity index (χ0v) is 16.9. The Bertz CT molecular complexity index is 1190. The molecular formula is C22H21FN6O2. The lowest BCUT2D eigenvalue weighted by Gasteiger charge is -2.08. The molecular weight excluding hydrogens is 399 g/mol. The number of carbonyl (C=O) groups excluding carboxylic acids is 1. The molecule has 158 valence electrons. The smallest absolute Gasteiger partial charge is 0.254 e. The van der Waals surface area contributed by atoms with Crippen molar-refractivity contribution in [1.82, 2.24) is 25.1 Å². The lowest BCUT2D eigenvalue weighted by Crippen LogP contribution is -2.27. The van der Waals surface area contributed by atoms with Crippen molar-refractivity contribution in [3.63, 3.8) is 0 Å². The first-order valence-corrected chi connectivity index (χ1v) is 9.75. The quantitative estimate of drug-likeness (QED) is 0.455. The Kier molecular flexibility index (Phi) is 6.02. The summed E-state index contributed by atoms with van der Waals surface area (Å²) in [5.41, 5.74) is 1.70. The van der Waals surface area contributed by atoms with E-state index in [1.54, 1.807) is 23.8 Å². The summed E-state index contributed by atoms with van der Waals surface area (Å²) in [5.74, 6) is 1.04. The first kappa shape index (κ1) is 20.3. The van der Waals surface area contributed by atoms with Gasteiger partial charge in [0, 0.05) is 19.5 Å². The lowest BCUT2D eigenvalue weighted by atomic mass is 10.2. The number of fused-ring (bicyclic) bond motifs is 1. The predicted octanol–water partition coefficient (Wildman–Crippen LogP) is 2.86. The lowest BCUT2D eigenvalue weighted by molar-refractivity contribution is 0.0950. The maximum Gasteiger partial charge on any atom is 0.254 e. The zero-order valence-electron chi connectivity index (χ0n) is 16.9. The summed E-state index contributed by atoms with van der Waals surface area (Å²) in [6, 6.07) is 17.3. The van der Waals surface area contributed by atoms with Gasteiger partial charge in [-0.2, -0.15) is 4.52 Å². The highest BCUT2D eigenvalue weighted by Gasteiger charge is 2.12. The molecule has 0 atom stereocenters. The fourth-order valence-corrected chi connectivity index (χ4v) is 3.05. The second-order valence-corrected chi connectivity index (χ2v) is 6.79. The summed E-state index contributed by atoms with van der Waals surface area (Å²) in [6.07, 6.45) is 0.399. The van der Waals surface area contributed by atoms with Crippen LogP contribution >= 0.6 is 0 Å². The fraction of sp³-hybridized carbons (Fsp3) is 0.182. The molecule has 8 nitrogen and oxygen atoms in total. The maximum absolute atomic E-state index is 13.7. The Morgan fingerprint density at radius 2 is 1.87 bits per heavy atom. The Hall–Kier alpha value is -4.01. The van der Waals surface area contributed by atoms with Crippen LogP contribution in [0, 0.1) is 5.82 Å². The molecule has 0 saturated heterocycles. The number of ether oxygens (including phenoxy) is 1. The van der Waals surface area contributed by atoms with Gasteiger partial charge in [0.2, 0.25) is 0 Å². The van der Waals surface area contributed by atoms with Gasteiger partial charge in [0.05, 0.1) is 12.7 Å². The molecule has 0 aliphatic rings. The Morgan fingerprint density at radius 3 is 2.65 bits per heavy atom. The molecule has 2 aromatic carbocycles. The van der Waals surface area contributed by atoms with Gasteiger partial charge >= 0.3 is 0 Å². The van der Waals surface area contributed by atoms with E-state index in [4.69, 9.17) is 4.74 Å². The highest BCUT2D eigenvalue weighted by molar-refractivity contribution is 5.94. The average Bonchev–Trinajstić information content (AvgIpc) is 3.20. The molecule has 0 radical (unpaired) electrons. The van der Waals surface area contributed by atoms with Gasteiger partial charge in [-0.3, -0.25) is 4.79 Å². The SMILES string of the molecule is COc1ccc(CNc2ccc3nnc(CCNC(=O)c4ccccc4F)n3n2)cc1. The number of hydrogen-bond donors (Lipinski definition) is 2. The summed E-state index contributed by atoms with van der Waals surface area (Å²) < 4.78 is 20.5. The number of benzene rings is 2. The molecule has 0 aliphatic heterocycles. The number of rotatable bonds is 8. The number of anilines is 1. The molecule has 0 aliphatic carbocycles. The van der Waals surface area contributed by atoms with Crippen molar-refractivity contribution >= 4 is 17.4 Å². The number of amides is 1. The number of nitrogens with one attached hydrogen (secondary N) is 2. The van der Waals surface area contributed by atoms with Gasteiger partial charge < -0.3 is 15.4 Å². The van der Waals surface area contributed by atoms with Crippen LogP contribution in [0.25, 0.3) is 5.65 Å². The van der Waals surface area contributed by atoms with Crippen LogP contribution < -0.4 is 15.4 Å². The van der Waals surface area contributed by atoms with Crippen molar-refractivity contribution < 1.29 is 13.9 Å². The minimum absolute atomic E-state index is 0.0109. The first-order chi connectivity index (χ1) is 15.1. The van der Waals surface area contributed by atoms with E-state index in [9.17, 15) is 9.18 Å². The van der Waals surface area contributed by atoms with Crippen molar-refractivity contribution in [3.8, 4) is 5.75 Å². The third-order valence-corrected chi connectivity index (χ3v) is 4.71. The van der Waals surface area contributed by atoms with Crippen LogP contribution in [0.2, 0.25) is 0 Å². The zero-order chi connectivity index (χ0) is 21.6. The van der Waals surface area contributed by atoms with Crippen molar-refractivity contribution in [2.45, 2.75) is 13.0 Å². The first-order valence-electron chi connectivity index (χ1n) is 9.75. The second kappa shape index (κ2) is 9.21. The van der Waals surface area contributed by atoms with E-state index in [0.29, 0.717) is 30.3 Å². The summed E-state index contributed by atoms with van der Waals surface area (Å²) in [7, 11) is 1.63. The molecule has 2 heterocycles. The van der Waals surface area contributed by atoms with Crippen LogP contribution in [-0.4, -0.2) is 39.4 Å². The molecule has 1 amide bonds. The van der Waals surface area contributed by atoms with Gasteiger partial charge in [0.25, 0.3) is 5.91 Å². The summed E-state index contributed by atoms with van der Waals surface area (Å²) in [6.45, 7) is 0.873. The molecule has 0 unspecified atom stereocenters. The summed E-state index contributed by atoms with van der Waals surface area (Å²) >= 11 is 0. The monoisotopic (exact) mass is 420 g/mol. The minimum Gasteiger partial charge on any atom is -0.497 e. The van der Waals surface area contributed by atoms with E-state index in [1.165, 1.54) is 12.1 Å². The molecule has 4 rings (SSSR count). The topological polar surface area (TPSA) is 93.4 Å². The van der Waals surface area contributed by atoms with Crippen LogP contribution in [0.5, 0.6) is 5.75 Å². The van der Waals surface area contributed by atoms with E-state index in [0.717, 1.165) is 11.3 Å². The number of hydrogen-bond acceptors (Lipinski definition) is 6. The highest BCUT2D eigenvalue weighted by atomic mass is 19.1. The molecule has 0 fully saturated rings. The van der Waals surface area contributed by atoms with Crippen molar-refractivity contribution in [2.75, 3.05) is 19.0 Å². The molecule has 9 heteroatoms. The van der Waals surface area contributed by atoms with Crippen molar-refractivity contribution in [2.24, 2.45) is 0 Å². The summed E-state index contributed by atoms with van der Waals surface area (Å²) in [5, 5.41) is 18.8. The summed E-state index contributed by atoms with van der Waals surface area (Å²) in [4.78, 5) is 12.1. The molecule has 0 spiro atoms. The maximum atomic E-state index is 13.7. The molecule has 31 heavy (non-hydrogen) atoms. The predicted molar refractivity (Wildman–Crippen MR) is 114 cm³/mol. The molecule has 0 saturated carbocycles. The van der Waals surface area contributed by atoms with Crippen LogP contribution in [0.3, 0.4) is 0 Å². The average molecular weight is 420 g/mol. The fourth-order valence-electron chi connectivity index (χ4n) is 3.05. The number of nitrogens with zero attached hydrogens (tertiary/aromatic N) is 4. The van der Waals surface area contributed by atoms with Crippen LogP contribution in [0.15, 0.2) is 60.7 Å². The van der Waals surface area contributed by atoms with E-state index >= 15 is 0 Å². The Balaban J connectivity index is 1.38. The van der Waals surface area contributed by atoms with Gasteiger partial charge in [-0.15, -0.1) is 15.3 Å². The Morgan fingerprint density at radius 1 is 1.06 bits per heavy atom. The van der Waals surface area contributed by atoms with E-state index in [1.807, 2.05) is 36.4 Å². The van der Waals surface area contributed by atoms with E-state index in [-0.39, 0.29) is 12.1 Å². The van der Waals surface area contributed by atoms with E-state index < -0.39 is 11.7 Å². The van der Waals surface area contributed by atoms with Crippen molar-refractivity contribution in [3.05, 3.63) is 83.4 Å². The van der Waals surface area contributed by atoms with Gasteiger partial charge in [-0.25, -0.2) is 4.39 Å². The van der Waals surface area contributed by atoms with Crippen LogP contribution in [-0.2, 0) is 13.0 Å². The highest BCUT2D eigenvalue weighted by Crippen LogP contribution is 2.13. The molecule has 0 bridgehead atoms. The number of halogens is 1. The molecule has 2 aromatic heterocycles. The normalized spacial score (nSPS) is 10.8. The largest absolute Gasteiger partial charge is 0.497 e. The minimum atomic E-state index is -0.554. The van der Waals surface area contributed by atoms with Crippen LogP contribution in [0.4, 0.5) is 10.2 Å². The third-order valence-electron chi connectivity index (χ3n) is 4.71. The number of methoxy groups -OCH3 is 1. The van der Waals surface area contributed by atoms with Gasteiger partial charge in [-0.05, 0) is 42.0 Å². The van der Waals surface area contributed by atoms with Gasteiger partial charge in [0.1, 0.15) is 17.4 Å². The van der Waals surface area contributed by atoms with Crippen molar-refractivity contribution in [1.29, 1.82) is 0 Å². The molecule has 2 N–H and O–H groups in total. The van der Waals surface area contributed by atoms with Gasteiger partial charge in [0.15, 0.2) is 11.5 Å². The molecule has 4 aromatic rings. The number of aromatic nitrogens is 4. The standard InChI is InChI=1S/C22H21FN6O2/c1-31-16-8-6-15(7-9-16)14-25-19-10-11-20-26-27-21(29(20)28-19)12-13-24-22(30)17-4-2-3-5-18(17)23/h2-11H,12-14H2,1H3,(H,24,30)(H,25,28). The second-order valence-electron chi connectivity index (χ2n) is 6.79. The van der Waals surface area contributed by atoms with E-state index in [2.05, 4.69) is 25.9 Å². The van der Waals surface area contributed by atoms with Crippen LogP contribution in [0.1, 0.15) is 21.7 Å². The van der Waals surface area contributed by atoms with Gasteiger partial charge in [-0.1, -0.05) is 24.3 Å². The Labute approximate surface area is 178 Å². The third kappa shape index (κ3) is 4.77. The number of carbonyl (C=O) groups is 1.